The first kappa shape index (κ1) is 12.2. The highest BCUT2D eigenvalue weighted by atomic mass is 32.2. The van der Waals surface area contributed by atoms with Crippen molar-refractivity contribution in [2.24, 2.45) is 0 Å². The first-order valence-electron chi connectivity index (χ1n) is 5.20. The van der Waals surface area contributed by atoms with Gasteiger partial charge in [-0.25, -0.2) is 4.39 Å². The Hall–Kier alpha value is -1.86. The van der Waals surface area contributed by atoms with E-state index in [1.54, 1.807) is 12.1 Å². The lowest BCUT2D eigenvalue weighted by atomic mass is 10.3. The molecule has 1 aliphatic rings. The zero-order chi connectivity index (χ0) is 13.6. The minimum absolute atomic E-state index is 0.0305. The van der Waals surface area contributed by atoms with E-state index in [1.807, 2.05) is 5.32 Å². The molecule has 96 valence electrons. The van der Waals surface area contributed by atoms with E-state index in [0.717, 1.165) is 21.8 Å². The molecule has 2 N–H and O–H groups in total. The molecule has 0 saturated carbocycles. The number of rotatable bonds is 2. The maximum atomic E-state index is 13.1. The molecule has 0 aliphatic carbocycles. The largest absolute Gasteiger partial charge is 0.502 e. The quantitative estimate of drug-likeness (QED) is 0.836. The summed E-state index contributed by atoms with van der Waals surface area (Å²) in [5.74, 6) is -2.31. The van der Waals surface area contributed by atoms with Crippen LogP contribution >= 0.6 is 23.1 Å². The van der Waals surface area contributed by atoms with Crippen LogP contribution in [0.25, 0.3) is 10.1 Å². The highest BCUT2D eigenvalue weighted by Crippen LogP contribution is 2.38. The Kier molecular flexibility index (Phi) is 2.79. The number of thiophene rings is 1. The minimum Gasteiger partial charge on any atom is -0.502 e. The summed E-state index contributed by atoms with van der Waals surface area (Å²) in [5, 5.41) is 12.2. The van der Waals surface area contributed by atoms with Crippen molar-refractivity contribution in [1.29, 1.82) is 0 Å². The van der Waals surface area contributed by atoms with Gasteiger partial charge in [-0.1, -0.05) is 11.8 Å². The first-order valence-corrected chi connectivity index (χ1v) is 6.84. The summed E-state index contributed by atoms with van der Waals surface area (Å²) < 4.78 is 14.6. The highest BCUT2D eigenvalue weighted by molar-refractivity contribution is 8.05. The van der Waals surface area contributed by atoms with Gasteiger partial charge in [-0.15, -0.1) is 11.3 Å². The molecule has 2 heterocycles. The molecule has 0 fully saturated rings. The van der Waals surface area contributed by atoms with Crippen molar-refractivity contribution in [1.82, 2.24) is 5.32 Å². The van der Waals surface area contributed by atoms with E-state index in [4.69, 9.17) is 0 Å². The summed E-state index contributed by atoms with van der Waals surface area (Å²) in [4.78, 5) is 22.5. The van der Waals surface area contributed by atoms with E-state index in [-0.39, 0.29) is 10.7 Å². The van der Waals surface area contributed by atoms with Crippen molar-refractivity contribution in [3.63, 3.8) is 0 Å². The van der Waals surface area contributed by atoms with Crippen LogP contribution in [0.5, 0.6) is 0 Å². The fraction of sp³-hybridized carbons (Fsp3) is 0. The van der Waals surface area contributed by atoms with Crippen molar-refractivity contribution in [2.75, 3.05) is 0 Å². The number of benzene rings is 1. The topological polar surface area (TPSA) is 66.4 Å². The summed E-state index contributed by atoms with van der Waals surface area (Å²) in [6.07, 6.45) is 0. The molecule has 2 amide bonds. The Morgan fingerprint density at radius 3 is 2.68 bits per heavy atom. The van der Waals surface area contributed by atoms with Crippen molar-refractivity contribution >= 4 is 45.0 Å². The zero-order valence-electron chi connectivity index (χ0n) is 9.27. The van der Waals surface area contributed by atoms with E-state index < -0.39 is 17.6 Å². The van der Waals surface area contributed by atoms with Gasteiger partial charge in [0, 0.05) is 4.70 Å². The summed E-state index contributed by atoms with van der Waals surface area (Å²) >= 11 is 2.35. The van der Waals surface area contributed by atoms with Crippen molar-refractivity contribution in [3.05, 3.63) is 40.7 Å². The summed E-state index contributed by atoms with van der Waals surface area (Å²) in [5.41, 5.74) is 0. The van der Waals surface area contributed by atoms with Crippen LogP contribution in [0.1, 0.15) is 0 Å². The third-order valence-electron chi connectivity index (χ3n) is 2.52. The van der Waals surface area contributed by atoms with Crippen molar-refractivity contribution in [3.8, 4) is 0 Å². The molecule has 0 atom stereocenters. The Bertz CT molecular complexity index is 751. The van der Waals surface area contributed by atoms with Crippen LogP contribution in [0.4, 0.5) is 4.39 Å². The smallest absolute Gasteiger partial charge is 0.294 e. The van der Waals surface area contributed by atoms with Gasteiger partial charge in [0.05, 0.1) is 4.21 Å². The molecule has 0 spiro atoms. The number of carbonyl (C=O) groups excluding carboxylic acids is 2. The second-order valence-corrected chi connectivity index (χ2v) is 6.21. The second-order valence-electron chi connectivity index (χ2n) is 3.81. The van der Waals surface area contributed by atoms with Gasteiger partial charge in [-0.05, 0) is 29.7 Å². The van der Waals surface area contributed by atoms with Crippen LogP contribution in [-0.2, 0) is 9.59 Å². The molecule has 0 unspecified atom stereocenters. The van der Waals surface area contributed by atoms with Gasteiger partial charge in [-0.2, -0.15) is 0 Å². The Balaban J connectivity index is 1.98. The van der Waals surface area contributed by atoms with Gasteiger partial charge < -0.3 is 5.11 Å². The number of aliphatic hydroxyl groups is 1. The molecule has 7 heteroatoms. The summed E-state index contributed by atoms with van der Waals surface area (Å²) in [6.45, 7) is 0. The predicted octanol–water partition coefficient (Wildman–Crippen LogP) is 2.56. The van der Waals surface area contributed by atoms with Gasteiger partial charge in [0.25, 0.3) is 11.8 Å². The molecule has 3 rings (SSSR count). The molecule has 0 radical (unpaired) electrons. The van der Waals surface area contributed by atoms with Crippen molar-refractivity contribution < 1.29 is 19.1 Å². The fourth-order valence-corrected chi connectivity index (χ4v) is 3.85. The number of hydrogen-bond donors (Lipinski definition) is 2. The molecule has 1 aromatic carbocycles. The van der Waals surface area contributed by atoms with Crippen LogP contribution in [0.15, 0.2) is 39.1 Å². The van der Waals surface area contributed by atoms with Gasteiger partial charge in [0.2, 0.25) is 5.76 Å². The monoisotopic (exact) mass is 295 g/mol. The maximum absolute atomic E-state index is 13.1. The van der Waals surface area contributed by atoms with E-state index in [2.05, 4.69) is 0 Å². The third kappa shape index (κ3) is 2.11. The fourth-order valence-electron chi connectivity index (χ4n) is 1.67. The highest BCUT2D eigenvalue weighted by Gasteiger charge is 2.31. The molecule has 0 saturated heterocycles. The van der Waals surface area contributed by atoms with E-state index in [9.17, 15) is 19.1 Å². The zero-order valence-corrected chi connectivity index (χ0v) is 10.9. The number of hydrogen-bond acceptors (Lipinski definition) is 5. The van der Waals surface area contributed by atoms with Crippen LogP contribution in [0, 0.1) is 5.82 Å². The summed E-state index contributed by atoms with van der Waals surface area (Å²) in [6, 6.07) is 6.11. The number of fused-ring (bicyclic) bond motifs is 1. The molecular formula is C12H6FNO3S2. The lowest BCUT2D eigenvalue weighted by Gasteiger charge is -1.95. The number of carbonyl (C=O) groups is 2. The molecule has 4 nitrogen and oxygen atoms in total. The molecule has 2 aromatic rings. The number of amides is 2. The molecule has 1 aromatic heterocycles. The summed E-state index contributed by atoms with van der Waals surface area (Å²) in [7, 11) is 0. The van der Waals surface area contributed by atoms with Crippen LogP contribution in [0.3, 0.4) is 0 Å². The molecule has 1 aliphatic heterocycles. The number of thioether (sulfide) groups is 1. The normalized spacial score (nSPS) is 15.4. The van der Waals surface area contributed by atoms with Crippen LogP contribution in [-0.4, -0.2) is 16.9 Å². The molecular weight excluding hydrogens is 289 g/mol. The SMILES string of the molecule is O=C1NC(=O)C(Sc2cc3cc(F)ccc3s2)=C1O. The second kappa shape index (κ2) is 4.36. The molecule has 0 bridgehead atoms. The average molecular weight is 295 g/mol. The van der Waals surface area contributed by atoms with Gasteiger partial charge in [0.1, 0.15) is 10.7 Å². The first-order chi connectivity index (χ1) is 9.04. The number of nitrogens with one attached hydrogen (secondary N) is 1. The Morgan fingerprint density at radius 1 is 1.21 bits per heavy atom. The lowest BCUT2D eigenvalue weighted by Crippen LogP contribution is -2.22. The van der Waals surface area contributed by atoms with E-state index in [1.165, 1.54) is 23.5 Å². The minimum atomic E-state index is -0.792. The van der Waals surface area contributed by atoms with Gasteiger partial charge in [-0.3, -0.25) is 14.9 Å². The standard InChI is InChI=1S/C12H6FNO3S2/c13-6-1-2-7-5(3-6)4-8(18-7)19-10-9(15)11(16)14-12(10)17/h1-4H,(H2,14,15,16,17). The number of aliphatic hydroxyl groups excluding tert-OH is 1. The van der Waals surface area contributed by atoms with Gasteiger partial charge in [0.15, 0.2) is 0 Å². The average Bonchev–Trinajstić information content (AvgIpc) is 2.85. The van der Waals surface area contributed by atoms with Crippen LogP contribution in [0.2, 0.25) is 0 Å². The number of halogens is 1. The van der Waals surface area contributed by atoms with Crippen molar-refractivity contribution in [2.45, 2.75) is 4.21 Å². The van der Waals surface area contributed by atoms with Gasteiger partial charge >= 0.3 is 0 Å². The Morgan fingerprint density at radius 2 is 2.00 bits per heavy atom. The van der Waals surface area contributed by atoms with E-state index in [0.29, 0.717) is 4.21 Å². The van der Waals surface area contributed by atoms with E-state index >= 15 is 0 Å². The maximum Gasteiger partial charge on any atom is 0.294 e. The predicted molar refractivity (Wildman–Crippen MR) is 70.4 cm³/mol. The number of imide groups is 1. The lowest BCUT2D eigenvalue weighted by molar-refractivity contribution is -0.124. The Labute approximate surface area is 114 Å². The van der Waals surface area contributed by atoms with Crippen LogP contribution < -0.4 is 5.32 Å². The molecule has 19 heavy (non-hydrogen) atoms. The third-order valence-corrected chi connectivity index (χ3v) is 4.83.